The van der Waals surface area contributed by atoms with E-state index < -0.39 is 22.6 Å². The summed E-state index contributed by atoms with van der Waals surface area (Å²) in [5, 5.41) is 6.82. The normalized spacial score (nSPS) is 21.2. The largest absolute Gasteiger partial charge is 0.494 e. The molecule has 1 aromatic carbocycles. The summed E-state index contributed by atoms with van der Waals surface area (Å²) in [7, 11) is -3.71. The van der Waals surface area contributed by atoms with Gasteiger partial charge in [-0.2, -0.15) is 9.40 Å². The number of benzene rings is 1. The molecule has 26 heavy (non-hydrogen) atoms. The third-order valence-electron chi connectivity index (χ3n) is 4.49. The molecule has 0 aliphatic carbocycles. The maximum Gasteiger partial charge on any atom is 0.243 e. The van der Waals surface area contributed by atoms with E-state index in [-0.39, 0.29) is 23.9 Å². The zero-order valence-corrected chi connectivity index (χ0v) is 15.7. The molecule has 142 valence electrons. The Kier molecular flexibility index (Phi) is 5.57. The van der Waals surface area contributed by atoms with Crippen LogP contribution in [0.25, 0.3) is 0 Å². The van der Waals surface area contributed by atoms with Crippen molar-refractivity contribution in [3.8, 4) is 5.75 Å². The van der Waals surface area contributed by atoms with Crippen molar-refractivity contribution in [3.05, 3.63) is 35.9 Å². The topological polar surface area (TPSA) is 88.2 Å². The molecule has 1 N–H and O–H groups in total. The fourth-order valence-corrected chi connectivity index (χ4v) is 4.60. The summed E-state index contributed by atoms with van der Waals surface area (Å²) in [6.07, 6.45) is 0.876. The first-order chi connectivity index (χ1) is 12.5. The summed E-state index contributed by atoms with van der Waals surface area (Å²) in [5.74, 6) is 0.912. The van der Waals surface area contributed by atoms with Crippen LogP contribution in [0.3, 0.4) is 0 Å². The van der Waals surface area contributed by atoms with E-state index in [2.05, 4.69) is 15.2 Å². The van der Waals surface area contributed by atoms with Crippen LogP contribution in [0.5, 0.6) is 5.75 Å². The number of H-pyrrole nitrogens is 1. The number of hydrogen-bond acceptors (Lipinski definition) is 5. The van der Waals surface area contributed by atoms with Gasteiger partial charge < -0.3 is 4.74 Å². The third kappa shape index (κ3) is 3.73. The predicted octanol–water partition coefficient (Wildman–Crippen LogP) is 2.28. The Balaban J connectivity index is 1.79. The van der Waals surface area contributed by atoms with E-state index in [1.165, 1.54) is 16.4 Å². The average molecular weight is 382 g/mol. The first-order valence-electron chi connectivity index (χ1n) is 8.63. The highest BCUT2D eigenvalue weighted by molar-refractivity contribution is 7.89. The van der Waals surface area contributed by atoms with Crippen molar-refractivity contribution in [2.45, 2.75) is 31.1 Å². The number of aromatic nitrogens is 3. The van der Waals surface area contributed by atoms with Gasteiger partial charge in [-0.3, -0.25) is 9.49 Å². The number of alkyl halides is 1. The zero-order chi connectivity index (χ0) is 18.7. The van der Waals surface area contributed by atoms with E-state index in [4.69, 9.17) is 4.74 Å². The molecule has 7 nitrogen and oxygen atoms in total. The van der Waals surface area contributed by atoms with Crippen LogP contribution in [-0.2, 0) is 10.0 Å². The second-order valence-corrected chi connectivity index (χ2v) is 8.38. The average Bonchev–Trinajstić information content (AvgIpc) is 3.26. The fraction of sp³-hybridized carbons (Fsp3) is 0.529. The summed E-state index contributed by atoms with van der Waals surface area (Å²) >= 11 is 0. The van der Waals surface area contributed by atoms with E-state index in [9.17, 15) is 12.8 Å². The SMILES string of the molecule is CCCOc1ccc(S(=O)(=O)N2C[C@@H](CF)[C@H](c3n[nH]c(C)n3)C2)cc1. The number of ether oxygens (including phenoxy) is 1. The van der Waals surface area contributed by atoms with E-state index in [1.54, 1.807) is 19.1 Å². The van der Waals surface area contributed by atoms with E-state index in [0.717, 1.165) is 6.42 Å². The van der Waals surface area contributed by atoms with Gasteiger partial charge in [-0.25, -0.2) is 13.4 Å². The van der Waals surface area contributed by atoms with Gasteiger partial charge in [-0.15, -0.1) is 0 Å². The van der Waals surface area contributed by atoms with Gasteiger partial charge in [-0.1, -0.05) is 6.92 Å². The Labute approximate surface area is 152 Å². The smallest absolute Gasteiger partial charge is 0.243 e. The van der Waals surface area contributed by atoms with Gasteiger partial charge in [0.25, 0.3) is 0 Å². The monoisotopic (exact) mass is 382 g/mol. The number of halogens is 1. The van der Waals surface area contributed by atoms with Crippen LogP contribution < -0.4 is 4.74 Å². The summed E-state index contributed by atoms with van der Waals surface area (Å²) in [6.45, 7) is 4.00. The van der Waals surface area contributed by atoms with Crippen LogP contribution in [-0.4, -0.2) is 54.3 Å². The van der Waals surface area contributed by atoms with Gasteiger partial charge >= 0.3 is 0 Å². The number of nitrogens with zero attached hydrogens (tertiary/aromatic N) is 3. The zero-order valence-electron chi connectivity index (χ0n) is 14.9. The lowest BCUT2D eigenvalue weighted by Gasteiger charge is -2.16. The van der Waals surface area contributed by atoms with Crippen LogP contribution >= 0.6 is 0 Å². The Morgan fingerprint density at radius 1 is 1.31 bits per heavy atom. The minimum absolute atomic E-state index is 0.116. The third-order valence-corrected chi connectivity index (χ3v) is 6.33. The van der Waals surface area contributed by atoms with Crippen molar-refractivity contribution in [3.63, 3.8) is 0 Å². The van der Waals surface area contributed by atoms with E-state index in [0.29, 0.717) is 24.0 Å². The molecular weight excluding hydrogens is 359 g/mol. The molecule has 0 unspecified atom stereocenters. The van der Waals surface area contributed by atoms with Crippen molar-refractivity contribution in [2.75, 3.05) is 26.4 Å². The van der Waals surface area contributed by atoms with Crippen molar-refractivity contribution < 1.29 is 17.5 Å². The number of aryl methyl sites for hydroxylation is 1. The Hall–Kier alpha value is -2.00. The molecule has 0 radical (unpaired) electrons. The molecule has 2 atom stereocenters. The van der Waals surface area contributed by atoms with Gasteiger partial charge in [0.1, 0.15) is 11.6 Å². The highest BCUT2D eigenvalue weighted by Gasteiger charge is 2.41. The Morgan fingerprint density at radius 3 is 2.62 bits per heavy atom. The molecule has 0 bridgehead atoms. The maximum atomic E-state index is 13.5. The number of hydrogen-bond donors (Lipinski definition) is 1. The van der Waals surface area contributed by atoms with Crippen molar-refractivity contribution >= 4 is 10.0 Å². The molecule has 1 fully saturated rings. The van der Waals surface area contributed by atoms with Gasteiger partial charge in [0, 0.05) is 24.9 Å². The van der Waals surface area contributed by atoms with Crippen molar-refractivity contribution in [1.82, 2.24) is 19.5 Å². The fourth-order valence-electron chi connectivity index (χ4n) is 3.08. The predicted molar refractivity (Wildman–Crippen MR) is 94.3 cm³/mol. The first-order valence-corrected chi connectivity index (χ1v) is 10.1. The van der Waals surface area contributed by atoms with E-state index in [1.807, 2.05) is 6.92 Å². The molecule has 2 aromatic rings. The lowest BCUT2D eigenvalue weighted by molar-refractivity contribution is 0.317. The lowest BCUT2D eigenvalue weighted by atomic mass is 9.97. The maximum absolute atomic E-state index is 13.5. The molecule has 1 aliphatic heterocycles. The molecule has 0 amide bonds. The van der Waals surface area contributed by atoms with Crippen LogP contribution in [0.2, 0.25) is 0 Å². The van der Waals surface area contributed by atoms with Crippen molar-refractivity contribution in [2.24, 2.45) is 5.92 Å². The van der Waals surface area contributed by atoms with E-state index >= 15 is 0 Å². The minimum Gasteiger partial charge on any atom is -0.494 e. The summed E-state index contributed by atoms with van der Waals surface area (Å²) in [5.41, 5.74) is 0. The van der Waals surface area contributed by atoms with Crippen LogP contribution in [0, 0.1) is 12.8 Å². The summed E-state index contributed by atoms with van der Waals surface area (Å²) in [6, 6.07) is 6.33. The molecular formula is C17H23FN4O3S. The van der Waals surface area contributed by atoms with Crippen molar-refractivity contribution in [1.29, 1.82) is 0 Å². The first kappa shape index (κ1) is 18.8. The molecule has 1 aliphatic rings. The number of aromatic amines is 1. The second kappa shape index (κ2) is 7.71. The van der Waals surface area contributed by atoms with Crippen LogP contribution in [0.1, 0.15) is 30.9 Å². The highest BCUT2D eigenvalue weighted by Crippen LogP contribution is 2.34. The molecule has 0 spiro atoms. The van der Waals surface area contributed by atoms with Gasteiger partial charge in [0.05, 0.1) is 18.2 Å². The van der Waals surface area contributed by atoms with Gasteiger partial charge in [0.15, 0.2) is 5.82 Å². The molecule has 1 saturated heterocycles. The van der Waals surface area contributed by atoms with Gasteiger partial charge in [0.2, 0.25) is 10.0 Å². The molecule has 2 heterocycles. The molecule has 9 heteroatoms. The Morgan fingerprint density at radius 2 is 2.04 bits per heavy atom. The molecule has 0 saturated carbocycles. The molecule has 3 rings (SSSR count). The standard InChI is InChI=1S/C17H23FN4O3S/c1-3-8-25-14-4-6-15(7-5-14)26(23,24)22-10-13(9-18)16(11-22)17-19-12(2)20-21-17/h4-7,13,16H,3,8-11H2,1-2H3,(H,19,20,21)/t13-,16-/m1/s1. The number of sulfonamides is 1. The quantitative estimate of drug-likeness (QED) is 0.794. The second-order valence-electron chi connectivity index (χ2n) is 6.44. The van der Waals surface area contributed by atoms with Crippen LogP contribution in [0.15, 0.2) is 29.2 Å². The minimum atomic E-state index is -3.71. The summed E-state index contributed by atoms with van der Waals surface area (Å²) in [4.78, 5) is 4.42. The summed E-state index contributed by atoms with van der Waals surface area (Å²) < 4.78 is 46.1. The lowest BCUT2D eigenvalue weighted by Crippen LogP contribution is -2.29. The number of rotatable bonds is 7. The van der Waals surface area contributed by atoms with Gasteiger partial charge in [-0.05, 0) is 37.6 Å². The van der Waals surface area contributed by atoms with Crippen LogP contribution in [0.4, 0.5) is 4.39 Å². The molecule has 1 aromatic heterocycles. The Bertz CT molecular complexity index is 838. The number of nitrogens with one attached hydrogen (secondary N) is 1. The highest BCUT2D eigenvalue weighted by atomic mass is 32.2.